The molecule has 3 N–H and O–H groups in total. The van der Waals surface area contributed by atoms with Crippen LogP contribution in [0.1, 0.15) is 13.3 Å². The van der Waals surface area contributed by atoms with Gasteiger partial charge in [0, 0.05) is 6.04 Å². The molecule has 0 aliphatic rings. The maximum atomic E-state index is 10.7. The topological polar surface area (TPSA) is 72.2 Å². The van der Waals surface area contributed by atoms with E-state index in [4.69, 9.17) is 5.73 Å². The van der Waals surface area contributed by atoms with E-state index in [-0.39, 0.29) is 11.8 Å². The van der Waals surface area contributed by atoms with Crippen molar-refractivity contribution >= 4 is 10.0 Å². The van der Waals surface area contributed by atoms with Crippen LogP contribution in [0.5, 0.6) is 0 Å². The molecule has 0 saturated carbocycles. The molecule has 0 aromatic carbocycles. The van der Waals surface area contributed by atoms with Crippen LogP contribution in [0.4, 0.5) is 0 Å². The molecule has 0 rings (SSSR count). The molecule has 0 aliphatic heterocycles. The molecule has 10 heavy (non-hydrogen) atoms. The van der Waals surface area contributed by atoms with Crippen LogP contribution in [0.25, 0.3) is 0 Å². The van der Waals surface area contributed by atoms with Crippen molar-refractivity contribution in [3.63, 3.8) is 0 Å². The van der Waals surface area contributed by atoms with E-state index in [1.807, 2.05) is 0 Å². The van der Waals surface area contributed by atoms with E-state index in [1.165, 1.54) is 7.05 Å². The summed E-state index contributed by atoms with van der Waals surface area (Å²) in [4.78, 5) is 0. The average molecular weight is 166 g/mol. The summed E-state index contributed by atoms with van der Waals surface area (Å²) in [7, 11) is -1.65. The minimum Gasteiger partial charge on any atom is -0.328 e. The highest BCUT2D eigenvalue weighted by molar-refractivity contribution is 7.89. The SMILES string of the molecule is CNS(=O)(=O)CCC(C)N. The first kappa shape index (κ1) is 9.87. The monoisotopic (exact) mass is 166 g/mol. The van der Waals surface area contributed by atoms with Gasteiger partial charge in [0.1, 0.15) is 0 Å². The first-order chi connectivity index (χ1) is 4.48. The summed E-state index contributed by atoms with van der Waals surface area (Å²) in [5.41, 5.74) is 5.36. The van der Waals surface area contributed by atoms with Crippen LogP contribution in [0.2, 0.25) is 0 Å². The Bertz CT molecular complexity index is 174. The lowest BCUT2D eigenvalue weighted by molar-refractivity contribution is 0.580. The van der Waals surface area contributed by atoms with Gasteiger partial charge in [-0.2, -0.15) is 0 Å². The molecule has 0 spiro atoms. The Morgan fingerprint density at radius 3 is 2.40 bits per heavy atom. The second kappa shape index (κ2) is 3.90. The van der Waals surface area contributed by atoms with Crippen LogP contribution < -0.4 is 10.5 Å². The average Bonchev–Trinajstić information content (AvgIpc) is 1.85. The lowest BCUT2D eigenvalue weighted by Crippen LogP contribution is -2.26. The first-order valence-corrected chi connectivity index (χ1v) is 4.80. The molecular formula is C5H14N2O2S. The maximum absolute atomic E-state index is 10.7. The zero-order valence-corrected chi connectivity index (χ0v) is 7.11. The number of hydrogen-bond donors (Lipinski definition) is 2. The first-order valence-electron chi connectivity index (χ1n) is 3.15. The Balaban J connectivity index is 3.70. The predicted molar refractivity (Wildman–Crippen MR) is 41.1 cm³/mol. The van der Waals surface area contributed by atoms with Gasteiger partial charge in [0.05, 0.1) is 5.75 Å². The van der Waals surface area contributed by atoms with Gasteiger partial charge in [0.2, 0.25) is 10.0 Å². The molecule has 5 heteroatoms. The minimum atomic E-state index is -3.04. The molecule has 1 atom stereocenters. The normalized spacial score (nSPS) is 15.1. The van der Waals surface area contributed by atoms with E-state index < -0.39 is 10.0 Å². The lowest BCUT2D eigenvalue weighted by Gasteiger charge is -2.03. The molecule has 0 amide bonds. The molecular weight excluding hydrogens is 152 g/mol. The Hall–Kier alpha value is -0.130. The number of nitrogens with one attached hydrogen (secondary N) is 1. The van der Waals surface area contributed by atoms with E-state index >= 15 is 0 Å². The van der Waals surface area contributed by atoms with Crippen molar-refractivity contribution in [2.75, 3.05) is 12.8 Å². The largest absolute Gasteiger partial charge is 0.328 e. The van der Waals surface area contributed by atoms with E-state index in [9.17, 15) is 8.42 Å². The summed E-state index contributed by atoms with van der Waals surface area (Å²) in [5.74, 6) is 0.112. The molecule has 0 aromatic rings. The highest BCUT2D eigenvalue weighted by Gasteiger charge is 2.06. The van der Waals surface area contributed by atoms with Crippen molar-refractivity contribution in [1.29, 1.82) is 0 Å². The number of nitrogens with two attached hydrogens (primary N) is 1. The molecule has 0 fully saturated rings. The summed E-state index contributed by atoms with van der Waals surface area (Å²) in [5, 5.41) is 0. The van der Waals surface area contributed by atoms with Crippen molar-refractivity contribution in [1.82, 2.24) is 4.72 Å². The van der Waals surface area contributed by atoms with Crippen molar-refractivity contribution in [2.24, 2.45) is 5.73 Å². The second-order valence-corrected chi connectivity index (χ2v) is 4.33. The summed E-state index contributed by atoms with van der Waals surface area (Å²) in [6.45, 7) is 1.78. The minimum absolute atomic E-state index is 0.0527. The second-order valence-electron chi connectivity index (χ2n) is 2.29. The Morgan fingerprint density at radius 1 is 1.60 bits per heavy atom. The fraction of sp³-hybridized carbons (Fsp3) is 1.00. The third kappa shape index (κ3) is 4.72. The highest BCUT2D eigenvalue weighted by Crippen LogP contribution is 1.90. The van der Waals surface area contributed by atoms with Gasteiger partial charge in [-0.15, -0.1) is 0 Å². The van der Waals surface area contributed by atoms with Crippen LogP contribution in [0.3, 0.4) is 0 Å². The van der Waals surface area contributed by atoms with Crippen LogP contribution in [-0.2, 0) is 10.0 Å². The molecule has 0 heterocycles. The summed E-state index contributed by atoms with van der Waals surface area (Å²) < 4.78 is 23.7. The lowest BCUT2D eigenvalue weighted by atomic mass is 10.3. The molecule has 62 valence electrons. The predicted octanol–water partition coefficient (Wildman–Crippen LogP) is -0.727. The molecule has 0 saturated heterocycles. The van der Waals surface area contributed by atoms with Gasteiger partial charge in [0.25, 0.3) is 0 Å². The van der Waals surface area contributed by atoms with Crippen LogP contribution >= 0.6 is 0 Å². The third-order valence-corrected chi connectivity index (χ3v) is 2.55. The Labute approximate surface area is 61.8 Å². The summed E-state index contributed by atoms with van der Waals surface area (Å²) in [6, 6.07) is -0.0527. The zero-order chi connectivity index (χ0) is 8.20. The van der Waals surface area contributed by atoms with Gasteiger partial charge in [-0.25, -0.2) is 13.1 Å². The zero-order valence-electron chi connectivity index (χ0n) is 6.29. The maximum Gasteiger partial charge on any atom is 0.211 e. The smallest absolute Gasteiger partial charge is 0.211 e. The Morgan fingerprint density at radius 2 is 2.10 bits per heavy atom. The quantitative estimate of drug-likeness (QED) is 0.578. The number of sulfonamides is 1. The van der Waals surface area contributed by atoms with Gasteiger partial charge in [-0.3, -0.25) is 0 Å². The van der Waals surface area contributed by atoms with E-state index in [2.05, 4.69) is 4.72 Å². The summed E-state index contributed by atoms with van der Waals surface area (Å²) >= 11 is 0. The molecule has 0 radical (unpaired) electrons. The van der Waals surface area contributed by atoms with Crippen LogP contribution in [0, 0.1) is 0 Å². The molecule has 4 nitrogen and oxygen atoms in total. The van der Waals surface area contributed by atoms with E-state index in [0.29, 0.717) is 6.42 Å². The molecule has 1 unspecified atom stereocenters. The van der Waals surface area contributed by atoms with Gasteiger partial charge >= 0.3 is 0 Å². The van der Waals surface area contributed by atoms with Gasteiger partial charge < -0.3 is 5.73 Å². The van der Waals surface area contributed by atoms with Crippen LogP contribution in [-0.4, -0.2) is 27.3 Å². The molecule has 0 aliphatic carbocycles. The highest BCUT2D eigenvalue weighted by atomic mass is 32.2. The van der Waals surface area contributed by atoms with Crippen molar-refractivity contribution < 1.29 is 8.42 Å². The van der Waals surface area contributed by atoms with Gasteiger partial charge in [-0.05, 0) is 20.4 Å². The third-order valence-electron chi connectivity index (χ3n) is 1.15. The van der Waals surface area contributed by atoms with Gasteiger partial charge in [0.15, 0.2) is 0 Å². The number of rotatable bonds is 4. The van der Waals surface area contributed by atoms with Crippen molar-refractivity contribution in [3.8, 4) is 0 Å². The van der Waals surface area contributed by atoms with E-state index in [1.54, 1.807) is 6.92 Å². The summed E-state index contributed by atoms with van der Waals surface area (Å²) in [6.07, 6.45) is 0.503. The fourth-order valence-corrected chi connectivity index (χ4v) is 1.33. The Kier molecular flexibility index (Phi) is 3.85. The molecule has 0 aromatic heterocycles. The van der Waals surface area contributed by atoms with Crippen LogP contribution in [0.15, 0.2) is 0 Å². The van der Waals surface area contributed by atoms with E-state index in [0.717, 1.165) is 0 Å². The molecule has 0 bridgehead atoms. The van der Waals surface area contributed by atoms with Crippen molar-refractivity contribution in [3.05, 3.63) is 0 Å². The fourth-order valence-electron chi connectivity index (χ4n) is 0.443. The number of hydrogen-bond acceptors (Lipinski definition) is 3. The van der Waals surface area contributed by atoms with Gasteiger partial charge in [-0.1, -0.05) is 0 Å². The standard InChI is InChI=1S/C5H14N2O2S/c1-5(6)3-4-10(8,9)7-2/h5,7H,3-4,6H2,1-2H3. The van der Waals surface area contributed by atoms with Crippen molar-refractivity contribution in [2.45, 2.75) is 19.4 Å².